The molecule has 3 rings (SSSR count). The van der Waals surface area contributed by atoms with Crippen molar-refractivity contribution in [2.24, 2.45) is 0 Å². The zero-order valence-electron chi connectivity index (χ0n) is 16.2. The highest BCUT2D eigenvalue weighted by Gasteiger charge is 2.23. The van der Waals surface area contributed by atoms with Gasteiger partial charge >= 0.3 is 0 Å². The molecule has 0 atom stereocenters. The summed E-state index contributed by atoms with van der Waals surface area (Å²) in [4.78, 5) is 5.13. The van der Waals surface area contributed by atoms with Gasteiger partial charge in [-0.2, -0.15) is 0 Å². The predicted octanol–water partition coefficient (Wildman–Crippen LogP) is 6.36. The van der Waals surface area contributed by atoms with E-state index in [9.17, 15) is 5.11 Å². The summed E-state index contributed by atoms with van der Waals surface area (Å²) in [6.45, 7) is 7.40. The van der Waals surface area contributed by atoms with Crippen LogP contribution in [0.25, 0.3) is 0 Å². The first-order chi connectivity index (χ1) is 13.4. The normalized spacial score (nSPS) is 11.4. The lowest BCUT2D eigenvalue weighted by atomic mass is 9.99. The molecule has 0 saturated carbocycles. The van der Waals surface area contributed by atoms with Crippen LogP contribution in [0.15, 0.2) is 52.6 Å². The topological polar surface area (TPSA) is 38.0 Å². The quantitative estimate of drug-likeness (QED) is 0.470. The van der Waals surface area contributed by atoms with Gasteiger partial charge in [0.05, 0.1) is 5.03 Å². The number of pyridine rings is 1. The van der Waals surface area contributed by atoms with Crippen LogP contribution in [-0.2, 0) is 13.0 Å². The Hall–Kier alpha value is -1.46. The van der Waals surface area contributed by atoms with E-state index in [1.165, 1.54) is 27.4 Å². The van der Waals surface area contributed by atoms with E-state index in [0.29, 0.717) is 22.4 Å². The summed E-state index contributed by atoms with van der Waals surface area (Å²) in [6, 6.07) is 9.69. The third-order valence-electron chi connectivity index (χ3n) is 4.72. The van der Waals surface area contributed by atoms with Crippen molar-refractivity contribution in [1.82, 2.24) is 9.55 Å². The molecule has 0 amide bonds. The van der Waals surface area contributed by atoms with Gasteiger partial charge in [-0.05, 0) is 66.3 Å². The lowest BCUT2D eigenvalue weighted by molar-refractivity contribution is 0.299. The van der Waals surface area contributed by atoms with E-state index in [1.54, 1.807) is 17.8 Å². The second kappa shape index (κ2) is 9.36. The Kier molecular flexibility index (Phi) is 7.10. The molecule has 1 aromatic carbocycles. The molecule has 3 aromatic rings. The van der Waals surface area contributed by atoms with Gasteiger partial charge < -0.3 is 9.67 Å². The Morgan fingerprint density at radius 2 is 1.75 bits per heavy atom. The van der Waals surface area contributed by atoms with Crippen molar-refractivity contribution in [2.75, 3.05) is 6.61 Å². The molecule has 6 heteroatoms. The highest BCUT2D eigenvalue weighted by molar-refractivity contribution is 7.99. The molecule has 0 radical (unpaired) electrons. The summed E-state index contributed by atoms with van der Waals surface area (Å²) in [5, 5.41) is 12.1. The molecule has 3 nitrogen and oxygen atoms in total. The van der Waals surface area contributed by atoms with Gasteiger partial charge in [-0.3, -0.25) is 4.98 Å². The molecule has 0 fully saturated rings. The Labute approximate surface area is 180 Å². The molecule has 2 heterocycles. The molecule has 1 N–H and O–H groups in total. The van der Waals surface area contributed by atoms with Crippen LogP contribution in [0.4, 0.5) is 0 Å². The number of aromatic nitrogens is 2. The Morgan fingerprint density at radius 1 is 1.11 bits per heavy atom. The maximum Gasteiger partial charge on any atom is 0.0839 e. The van der Waals surface area contributed by atoms with Crippen molar-refractivity contribution in [3.8, 4) is 0 Å². The van der Waals surface area contributed by atoms with Crippen molar-refractivity contribution >= 4 is 35.0 Å². The van der Waals surface area contributed by atoms with E-state index in [0.717, 1.165) is 11.4 Å². The fourth-order valence-corrected chi connectivity index (χ4v) is 5.51. The summed E-state index contributed by atoms with van der Waals surface area (Å²) in [5.41, 5.74) is 4.87. The number of aliphatic hydroxyl groups is 1. The van der Waals surface area contributed by atoms with Crippen LogP contribution in [0.1, 0.15) is 42.1 Å². The lowest BCUT2D eigenvalue weighted by Crippen LogP contribution is -2.04. The third-order valence-corrected chi connectivity index (χ3v) is 6.26. The van der Waals surface area contributed by atoms with Gasteiger partial charge in [-0.1, -0.05) is 48.8 Å². The minimum atomic E-state index is 0.132. The lowest BCUT2D eigenvalue weighted by Gasteiger charge is -2.15. The second-order valence-corrected chi connectivity index (χ2v) is 9.00. The first kappa shape index (κ1) is 21.3. The molecule has 0 aliphatic heterocycles. The summed E-state index contributed by atoms with van der Waals surface area (Å²) in [5.74, 6) is 0.330. The Morgan fingerprint density at radius 3 is 2.32 bits per heavy atom. The Bertz CT molecular complexity index is 935. The highest BCUT2D eigenvalue weighted by atomic mass is 35.5. The van der Waals surface area contributed by atoms with Crippen LogP contribution in [0.3, 0.4) is 0 Å². The third kappa shape index (κ3) is 4.74. The molecule has 2 aromatic heterocycles. The van der Waals surface area contributed by atoms with E-state index in [1.807, 2.05) is 36.7 Å². The largest absolute Gasteiger partial charge is 0.396 e. The van der Waals surface area contributed by atoms with Crippen molar-refractivity contribution < 1.29 is 5.11 Å². The van der Waals surface area contributed by atoms with Crippen LogP contribution in [0, 0.1) is 6.92 Å². The Balaban J connectivity index is 2.14. The van der Waals surface area contributed by atoms with Crippen LogP contribution < -0.4 is 0 Å². The zero-order valence-corrected chi connectivity index (χ0v) is 18.6. The highest BCUT2D eigenvalue weighted by Crippen LogP contribution is 2.41. The van der Waals surface area contributed by atoms with Crippen LogP contribution >= 0.6 is 35.0 Å². The summed E-state index contributed by atoms with van der Waals surface area (Å²) < 4.78 is 2.33. The summed E-state index contributed by atoms with van der Waals surface area (Å²) in [6.07, 6.45) is 4.28. The standard InChI is InChI=1S/C22H24Cl2N2OS/c1-14(2)21-20(6-9-27)15(3)26(13-16-4-7-25-8-5-16)22(21)28-19-11-17(23)10-18(24)12-19/h4-5,7-8,10-12,14,27H,6,9,13H2,1-3H3. The zero-order chi connectivity index (χ0) is 20.3. The van der Waals surface area contributed by atoms with Gasteiger partial charge in [0.15, 0.2) is 0 Å². The van der Waals surface area contributed by atoms with Gasteiger partial charge in [0.2, 0.25) is 0 Å². The number of hydrogen-bond donors (Lipinski definition) is 1. The minimum Gasteiger partial charge on any atom is -0.396 e. The van der Waals surface area contributed by atoms with E-state index in [-0.39, 0.29) is 6.61 Å². The van der Waals surface area contributed by atoms with Gasteiger partial charge in [0, 0.05) is 46.2 Å². The molecular weight excluding hydrogens is 411 g/mol. The molecule has 0 aliphatic rings. The van der Waals surface area contributed by atoms with Crippen molar-refractivity contribution in [3.05, 3.63) is 75.2 Å². The fraction of sp³-hybridized carbons (Fsp3) is 0.318. The molecule has 0 spiro atoms. The number of rotatable bonds is 7. The summed E-state index contributed by atoms with van der Waals surface area (Å²) >= 11 is 14.1. The average Bonchev–Trinajstić information content (AvgIpc) is 2.88. The predicted molar refractivity (Wildman–Crippen MR) is 118 cm³/mol. The van der Waals surface area contributed by atoms with E-state index in [2.05, 4.69) is 30.3 Å². The summed E-state index contributed by atoms with van der Waals surface area (Å²) in [7, 11) is 0. The van der Waals surface area contributed by atoms with E-state index < -0.39 is 0 Å². The number of halogens is 2. The van der Waals surface area contributed by atoms with Gasteiger partial charge in [0.1, 0.15) is 0 Å². The van der Waals surface area contributed by atoms with E-state index in [4.69, 9.17) is 23.2 Å². The number of benzene rings is 1. The maximum atomic E-state index is 9.64. The monoisotopic (exact) mass is 434 g/mol. The van der Waals surface area contributed by atoms with Crippen LogP contribution in [0.5, 0.6) is 0 Å². The maximum absolute atomic E-state index is 9.64. The fourth-order valence-electron chi connectivity index (χ4n) is 3.48. The number of nitrogens with zero attached hydrogens (tertiary/aromatic N) is 2. The first-order valence-corrected chi connectivity index (χ1v) is 10.8. The van der Waals surface area contributed by atoms with Crippen LogP contribution in [0.2, 0.25) is 10.0 Å². The smallest absolute Gasteiger partial charge is 0.0839 e. The molecule has 148 valence electrons. The molecule has 0 saturated heterocycles. The SMILES string of the molecule is Cc1c(CCO)c(C(C)C)c(Sc2cc(Cl)cc(Cl)c2)n1Cc1ccncc1. The molecule has 28 heavy (non-hydrogen) atoms. The average molecular weight is 435 g/mol. The van der Waals surface area contributed by atoms with Crippen molar-refractivity contribution in [2.45, 2.75) is 49.6 Å². The molecular formula is C22H24Cl2N2OS. The molecule has 0 aliphatic carbocycles. The molecule has 0 bridgehead atoms. The van der Waals surface area contributed by atoms with Crippen LogP contribution in [-0.4, -0.2) is 21.3 Å². The number of aliphatic hydroxyl groups excluding tert-OH is 1. The van der Waals surface area contributed by atoms with E-state index >= 15 is 0 Å². The molecule has 0 unspecified atom stereocenters. The van der Waals surface area contributed by atoms with Gasteiger partial charge in [0.25, 0.3) is 0 Å². The minimum absolute atomic E-state index is 0.132. The van der Waals surface area contributed by atoms with Crippen molar-refractivity contribution in [1.29, 1.82) is 0 Å². The van der Waals surface area contributed by atoms with Gasteiger partial charge in [-0.15, -0.1) is 0 Å². The number of hydrogen-bond acceptors (Lipinski definition) is 3. The first-order valence-electron chi connectivity index (χ1n) is 9.26. The second-order valence-electron chi connectivity index (χ2n) is 7.06. The van der Waals surface area contributed by atoms with Crippen molar-refractivity contribution in [3.63, 3.8) is 0 Å². The van der Waals surface area contributed by atoms with Gasteiger partial charge in [-0.25, -0.2) is 0 Å².